The fourth-order valence-electron chi connectivity index (χ4n) is 3.49. The molecule has 0 unspecified atom stereocenters. The molecule has 1 aliphatic heterocycles. The van der Waals surface area contributed by atoms with E-state index in [1.807, 2.05) is 36.4 Å². The van der Waals surface area contributed by atoms with Gasteiger partial charge in [0.25, 0.3) is 0 Å². The van der Waals surface area contributed by atoms with Gasteiger partial charge in [0.1, 0.15) is 0 Å². The van der Waals surface area contributed by atoms with Gasteiger partial charge < -0.3 is 5.73 Å². The maximum Gasteiger partial charge on any atom is 0.243 e. The molecule has 138 valence electrons. The molecule has 26 heavy (non-hydrogen) atoms. The van der Waals surface area contributed by atoms with Gasteiger partial charge in [-0.25, -0.2) is 8.42 Å². The average molecular weight is 392 g/mol. The van der Waals surface area contributed by atoms with Gasteiger partial charge in [0.05, 0.1) is 16.5 Å². The first-order chi connectivity index (χ1) is 12.0. The van der Waals surface area contributed by atoms with Crippen molar-refractivity contribution in [2.24, 2.45) is 11.7 Å². The number of hydrogen-bond donors (Lipinski definition) is 1. The number of nitrogens with zero attached hydrogens (tertiary/aromatic N) is 2. The van der Waals surface area contributed by atoms with E-state index >= 15 is 0 Å². The second-order valence-corrected chi connectivity index (χ2v) is 8.33. The van der Waals surface area contributed by atoms with Crippen LogP contribution in [0.1, 0.15) is 22.6 Å². The minimum atomic E-state index is -3.61. The maximum atomic E-state index is 13.1. The summed E-state index contributed by atoms with van der Waals surface area (Å²) in [5.41, 5.74) is 8.08. The molecular formula is C19H22ClN3O2S. The van der Waals surface area contributed by atoms with Gasteiger partial charge in [0.2, 0.25) is 10.0 Å². The third-order valence-electron chi connectivity index (χ3n) is 4.86. The van der Waals surface area contributed by atoms with Crippen molar-refractivity contribution in [2.45, 2.75) is 17.7 Å². The Bertz CT molecular complexity index is 910. The average Bonchev–Trinajstić information content (AvgIpc) is 3.07. The van der Waals surface area contributed by atoms with Gasteiger partial charge in [0, 0.05) is 19.0 Å². The van der Waals surface area contributed by atoms with Crippen LogP contribution in [-0.4, -0.2) is 32.4 Å². The fourth-order valence-corrected chi connectivity index (χ4v) is 5.22. The van der Waals surface area contributed by atoms with Crippen LogP contribution in [0.3, 0.4) is 0 Å². The highest BCUT2D eigenvalue weighted by molar-refractivity contribution is 7.89. The molecule has 0 radical (unpaired) electrons. The van der Waals surface area contributed by atoms with Gasteiger partial charge in [-0.05, 0) is 48.7 Å². The molecule has 2 aromatic rings. The minimum absolute atomic E-state index is 0. The van der Waals surface area contributed by atoms with E-state index in [9.17, 15) is 8.42 Å². The smallest absolute Gasteiger partial charge is 0.243 e. The quantitative estimate of drug-likeness (QED) is 0.867. The summed E-state index contributed by atoms with van der Waals surface area (Å²) in [5, 5.41) is 8.97. The Morgan fingerprint density at radius 1 is 1.19 bits per heavy atom. The predicted octanol–water partition coefficient (Wildman–Crippen LogP) is 2.65. The molecule has 2 atom stereocenters. The van der Waals surface area contributed by atoms with Gasteiger partial charge in [-0.1, -0.05) is 30.3 Å². The van der Waals surface area contributed by atoms with Crippen LogP contribution in [0.15, 0.2) is 53.4 Å². The molecule has 1 saturated heterocycles. The van der Waals surface area contributed by atoms with Gasteiger partial charge in [-0.15, -0.1) is 12.4 Å². The first-order valence-corrected chi connectivity index (χ1v) is 9.67. The molecule has 0 amide bonds. The summed E-state index contributed by atoms with van der Waals surface area (Å²) in [7, 11) is -3.61. The van der Waals surface area contributed by atoms with Gasteiger partial charge in [0.15, 0.2) is 0 Å². The molecule has 0 bridgehead atoms. The summed E-state index contributed by atoms with van der Waals surface area (Å²) < 4.78 is 27.7. The first-order valence-electron chi connectivity index (χ1n) is 8.23. The van der Waals surface area contributed by atoms with E-state index in [1.165, 1.54) is 10.4 Å². The molecule has 0 saturated carbocycles. The van der Waals surface area contributed by atoms with Crippen LogP contribution in [0.4, 0.5) is 0 Å². The topological polar surface area (TPSA) is 87.2 Å². The lowest BCUT2D eigenvalue weighted by atomic mass is 9.89. The molecule has 2 N–H and O–H groups in total. The standard InChI is InChI=1S/C19H21N3O2S.ClH/c1-14-9-15(10-20)7-8-19(14)25(23,24)22-12-17(11-21)18(13-22)16-5-3-2-4-6-16;/h2-9,17-18H,11-13,21H2,1H3;1H/t17-,18+;/m1./s1. The van der Waals surface area contributed by atoms with E-state index in [4.69, 9.17) is 11.0 Å². The summed E-state index contributed by atoms with van der Waals surface area (Å²) in [6, 6.07) is 16.6. The van der Waals surface area contributed by atoms with Gasteiger partial charge in [-0.2, -0.15) is 9.57 Å². The Labute approximate surface area is 160 Å². The van der Waals surface area contributed by atoms with Crippen molar-refractivity contribution in [1.29, 1.82) is 5.26 Å². The first kappa shape index (κ1) is 20.4. The van der Waals surface area contributed by atoms with Crippen LogP contribution < -0.4 is 5.73 Å². The lowest BCUT2D eigenvalue weighted by Gasteiger charge is -2.18. The van der Waals surface area contributed by atoms with Crippen LogP contribution in [0.25, 0.3) is 0 Å². The van der Waals surface area contributed by atoms with E-state index in [-0.39, 0.29) is 29.1 Å². The number of halogens is 1. The summed E-state index contributed by atoms with van der Waals surface area (Å²) >= 11 is 0. The molecule has 1 heterocycles. The molecule has 1 aliphatic rings. The largest absolute Gasteiger partial charge is 0.330 e. The normalized spacial score (nSPS) is 20.3. The number of aryl methyl sites for hydroxylation is 1. The van der Waals surface area contributed by atoms with Crippen molar-refractivity contribution in [3.8, 4) is 6.07 Å². The number of benzene rings is 2. The Morgan fingerprint density at radius 3 is 2.46 bits per heavy atom. The number of hydrogen-bond acceptors (Lipinski definition) is 4. The summed E-state index contributed by atoms with van der Waals surface area (Å²) in [5.74, 6) is 0.190. The molecule has 7 heteroatoms. The van der Waals surface area contributed by atoms with E-state index in [2.05, 4.69) is 0 Å². The lowest BCUT2D eigenvalue weighted by Crippen LogP contribution is -2.30. The molecule has 2 aromatic carbocycles. The van der Waals surface area contributed by atoms with Gasteiger partial charge >= 0.3 is 0 Å². The Hall–Kier alpha value is -1.91. The summed E-state index contributed by atoms with van der Waals surface area (Å²) in [6.45, 7) is 3.00. The van der Waals surface area contributed by atoms with Crippen molar-refractivity contribution in [3.63, 3.8) is 0 Å². The zero-order valence-electron chi connectivity index (χ0n) is 14.5. The zero-order chi connectivity index (χ0) is 18.0. The van der Waals surface area contributed by atoms with E-state index in [1.54, 1.807) is 19.1 Å². The van der Waals surface area contributed by atoms with E-state index in [0.29, 0.717) is 30.8 Å². The summed E-state index contributed by atoms with van der Waals surface area (Å²) in [4.78, 5) is 0.260. The minimum Gasteiger partial charge on any atom is -0.330 e. The Balaban J connectivity index is 0.00000243. The number of sulfonamides is 1. The highest BCUT2D eigenvalue weighted by Gasteiger charge is 2.39. The number of nitrogens with two attached hydrogens (primary N) is 1. The Kier molecular flexibility index (Phi) is 6.43. The highest BCUT2D eigenvalue weighted by atomic mass is 35.5. The van der Waals surface area contributed by atoms with Crippen LogP contribution in [-0.2, 0) is 10.0 Å². The second kappa shape index (κ2) is 8.19. The predicted molar refractivity (Wildman–Crippen MR) is 104 cm³/mol. The molecule has 0 aliphatic carbocycles. The van der Waals surface area contributed by atoms with E-state index in [0.717, 1.165) is 5.56 Å². The highest BCUT2D eigenvalue weighted by Crippen LogP contribution is 2.35. The molecule has 3 rings (SSSR count). The number of nitriles is 1. The van der Waals surface area contributed by atoms with Gasteiger partial charge in [-0.3, -0.25) is 0 Å². The molecule has 1 fully saturated rings. The van der Waals surface area contributed by atoms with E-state index < -0.39 is 10.0 Å². The zero-order valence-corrected chi connectivity index (χ0v) is 16.1. The second-order valence-electron chi connectivity index (χ2n) is 6.43. The lowest BCUT2D eigenvalue weighted by molar-refractivity contribution is 0.458. The number of rotatable bonds is 4. The molecule has 5 nitrogen and oxygen atoms in total. The molecule has 0 aromatic heterocycles. The third-order valence-corrected chi connectivity index (χ3v) is 6.85. The van der Waals surface area contributed by atoms with Crippen LogP contribution >= 0.6 is 12.4 Å². The monoisotopic (exact) mass is 391 g/mol. The van der Waals surface area contributed by atoms with Crippen molar-refractivity contribution < 1.29 is 8.42 Å². The summed E-state index contributed by atoms with van der Waals surface area (Å²) in [6.07, 6.45) is 0. The van der Waals surface area contributed by atoms with Crippen molar-refractivity contribution in [2.75, 3.05) is 19.6 Å². The third kappa shape index (κ3) is 3.76. The van der Waals surface area contributed by atoms with Crippen LogP contribution in [0.2, 0.25) is 0 Å². The van der Waals surface area contributed by atoms with Crippen molar-refractivity contribution in [1.82, 2.24) is 4.31 Å². The SMILES string of the molecule is Cc1cc(C#N)ccc1S(=O)(=O)N1C[C@@H](CN)[C@H](c2ccccc2)C1.Cl. The van der Waals surface area contributed by atoms with Crippen LogP contribution in [0, 0.1) is 24.2 Å². The van der Waals surface area contributed by atoms with Crippen molar-refractivity contribution in [3.05, 3.63) is 65.2 Å². The molecule has 0 spiro atoms. The molecular weight excluding hydrogens is 370 g/mol. The van der Waals surface area contributed by atoms with Crippen LogP contribution in [0.5, 0.6) is 0 Å². The van der Waals surface area contributed by atoms with Crippen molar-refractivity contribution >= 4 is 22.4 Å². The maximum absolute atomic E-state index is 13.1. The fraction of sp³-hybridized carbons (Fsp3) is 0.316. The Morgan fingerprint density at radius 2 is 1.88 bits per heavy atom.